The first-order valence-electron chi connectivity index (χ1n) is 8.66. The number of fused-ring (bicyclic) bond motifs is 1. The molecule has 1 heterocycles. The fourth-order valence-electron chi connectivity index (χ4n) is 2.35. The minimum absolute atomic E-state index is 0.141. The number of aromatic nitrogens is 1. The van der Waals surface area contributed by atoms with Gasteiger partial charge in [0.15, 0.2) is 5.13 Å². The average molecular weight is 454 g/mol. The molecule has 160 valence electrons. The molecule has 29 heavy (non-hydrogen) atoms. The Labute approximate surface area is 172 Å². The second-order valence-electron chi connectivity index (χ2n) is 6.27. The van der Waals surface area contributed by atoms with Crippen LogP contribution in [0.2, 0.25) is 5.02 Å². The Bertz CT molecular complexity index is 873. The van der Waals surface area contributed by atoms with E-state index in [2.05, 4.69) is 10.3 Å². The molecule has 1 aromatic carbocycles. The highest BCUT2D eigenvalue weighted by molar-refractivity contribution is 7.22. The van der Waals surface area contributed by atoms with Crippen molar-refractivity contribution >= 4 is 50.1 Å². The first-order valence-corrected chi connectivity index (χ1v) is 9.86. The number of hydrogen-bond donors (Lipinski definition) is 4. The van der Waals surface area contributed by atoms with Gasteiger partial charge >= 0.3 is 12.0 Å². The molecule has 0 saturated carbocycles. The summed E-state index contributed by atoms with van der Waals surface area (Å²) in [4.78, 5) is 27.4. The van der Waals surface area contributed by atoms with E-state index in [4.69, 9.17) is 21.8 Å². The van der Waals surface area contributed by atoms with Crippen molar-refractivity contribution in [1.29, 1.82) is 0 Å². The van der Waals surface area contributed by atoms with Crippen LogP contribution < -0.4 is 10.6 Å². The van der Waals surface area contributed by atoms with Crippen LogP contribution in [0.5, 0.6) is 0 Å². The summed E-state index contributed by atoms with van der Waals surface area (Å²) in [5.74, 6) is -6.53. The number of alkyl halides is 3. The zero-order chi connectivity index (χ0) is 21.7. The molecule has 4 N–H and O–H groups in total. The lowest BCUT2D eigenvalue weighted by Gasteiger charge is -2.22. The van der Waals surface area contributed by atoms with Crippen molar-refractivity contribution in [3.05, 3.63) is 23.2 Å². The summed E-state index contributed by atoms with van der Waals surface area (Å²) in [5, 5.41) is 23.1. The van der Waals surface area contributed by atoms with E-state index in [1.807, 2.05) is 5.32 Å². The number of carbonyl (C=O) groups is 2. The monoisotopic (exact) mass is 453 g/mol. The molecular formula is C17H19ClF3N3O4S. The summed E-state index contributed by atoms with van der Waals surface area (Å²) < 4.78 is 37.6. The van der Waals surface area contributed by atoms with E-state index in [0.717, 1.165) is 10.2 Å². The average Bonchev–Trinajstić information content (AvgIpc) is 3.00. The first kappa shape index (κ1) is 23.3. The minimum atomic E-state index is -5.47. The largest absolute Gasteiger partial charge is 0.453 e. The highest BCUT2D eigenvalue weighted by Crippen LogP contribution is 2.29. The second kappa shape index (κ2) is 9.70. The zero-order valence-corrected chi connectivity index (χ0v) is 16.6. The van der Waals surface area contributed by atoms with Gasteiger partial charge in [-0.25, -0.2) is 4.98 Å². The Kier molecular flexibility index (Phi) is 7.80. The predicted molar refractivity (Wildman–Crippen MR) is 103 cm³/mol. The molecule has 2 rings (SSSR count). The molecular weight excluding hydrogens is 435 g/mol. The van der Waals surface area contributed by atoms with Gasteiger partial charge < -0.3 is 20.8 Å². The van der Waals surface area contributed by atoms with Crippen molar-refractivity contribution in [2.75, 3.05) is 11.9 Å². The van der Waals surface area contributed by atoms with E-state index >= 15 is 0 Å². The van der Waals surface area contributed by atoms with E-state index in [1.54, 1.807) is 18.2 Å². The number of thiazole rings is 1. The number of hydrogen-bond acceptors (Lipinski definition) is 6. The smallest absolute Gasteiger partial charge is 0.351 e. The molecule has 0 unspecified atom stereocenters. The van der Waals surface area contributed by atoms with Crippen molar-refractivity contribution in [3.8, 4) is 0 Å². The number of anilines is 1. The summed E-state index contributed by atoms with van der Waals surface area (Å²) in [7, 11) is 0. The van der Waals surface area contributed by atoms with Crippen molar-refractivity contribution in [1.82, 2.24) is 10.3 Å². The molecule has 0 aliphatic heterocycles. The van der Waals surface area contributed by atoms with Crippen LogP contribution in [0.15, 0.2) is 18.2 Å². The van der Waals surface area contributed by atoms with Crippen LogP contribution >= 0.6 is 22.9 Å². The molecule has 0 saturated heterocycles. The fourth-order valence-corrected chi connectivity index (χ4v) is 3.51. The van der Waals surface area contributed by atoms with Gasteiger partial charge in [-0.3, -0.25) is 9.59 Å². The Morgan fingerprint density at radius 2 is 1.83 bits per heavy atom. The van der Waals surface area contributed by atoms with Gasteiger partial charge in [0.05, 0.1) is 10.2 Å². The van der Waals surface area contributed by atoms with Crippen LogP contribution in [-0.2, 0) is 9.59 Å². The lowest BCUT2D eigenvalue weighted by Crippen LogP contribution is -2.57. The molecule has 0 fully saturated rings. The zero-order valence-electron chi connectivity index (χ0n) is 15.1. The number of halogens is 4. The molecule has 2 aromatic rings. The quantitative estimate of drug-likeness (QED) is 0.344. The maximum atomic E-state index is 12.3. The maximum absolute atomic E-state index is 12.3. The van der Waals surface area contributed by atoms with Crippen LogP contribution in [-0.4, -0.2) is 45.5 Å². The van der Waals surface area contributed by atoms with Gasteiger partial charge in [-0.2, -0.15) is 13.2 Å². The number of carbonyl (C=O) groups excluding carboxylic acids is 2. The van der Waals surface area contributed by atoms with Gasteiger partial charge in [0.1, 0.15) is 0 Å². The van der Waals surface area contributed by atoms with Gasteiger partial charge in [0.2, 0.25) is 5.91 Å². The summed E-state index contributed by atoms with van der Waals surface area (Å²) in [6.07, 6.45) is -3.19. The van der Waals surface area contributed by atoms with Gasteiger partial charge in [-0.15, -0.1) is 0 Å². The Morgan fingerprint density at radius 3 is 2.52 bits per heavy atom. The summed E-state index contributed by atoms with van der Waals surface area (Å²) in [5.41, 5.74) is 0.733. The standard InChI is InChI=1S/C17H19ClF3N3O4S/c18-10-6-7-11-12(9-10)29-15(23-11)24-13(25)5-3-1-2-4-8-22-14(26)16(27,28)17(19,20)21/h6-7,9,27-28H,1-5,8H2,(H,22,26)(H,23,24,25). The summed E-state index contributed by atoms with van der Waals surface area (Å²) in [6.45, 7) is -0.141. The summed E-state index contributed by atoms with van der Waals surface area (Å²) in [6, 6.07) is 5.23. The molecule has 0 bridgehead atoms. The molecule has 7 nitrogen and oxygen atoms in total. The van der Waals surface area contributed by atoms with Crippen molar-refractivity contribution in [3.63, 3.8) is 0 Å². The van der Waals surface area contributed by atoms with E-state index in [9.17, 15) is 22.8 Å². The van der Waals surface area contributed by atoms with Crippen LogP contribution in [0.4, 0.5) is 18.3 Å². The number of aliphatic hydroxyl groups is 2. The van der Waals surface area contributed by atoms with Crippen LogP contribution in [0.3, 0.4) is 0 Å². The van der Waals surface area contributed by atoms with Gasteiger partial charge in [-0.05, 0) is 31.0 Å². The van der Waals surface area contributed by atoms with Gasteiger partial charge in [-0.1, -0.05) is 35.8 Å². The SMILES string of the molecule is O=C(CCCCCCNC(=O)C(O)(O)C(F)(F)F)Nc1nc2ccc(Cl)cc2s1. The normalized spacial score (nSPS) is 12.2. The molecule has 0 atom stereocenters. The van der Waals surface area contributed by atoms with E-state index in [0.29, 0.717) is 35.8 Å². The third-order valence-corrected chi connectivity index (χ3v) is 5.09. The van der Waals surface area contributed by atoms with Crippen molar-refractivity contribution in [2.45, 2.75) is 44.1 Å². The fraction of sp³-hybridized carbons (Fsp3) is 0.471. The highest BCUT2D eigenvalue weighted by Gasteiger charge is 2.58. The molecule has 0 aliphatic carbocycles. The first-order chi connectivity index (χ1) is 13.5. The predicted octanol–water partition coefficient (Wildman–Crippen LogP) is 3.20. The lowest BCUT2D eigenvalue weighted by atomic mass is 10.1. The maximum Gasteiger partial charge on any atom is 0.453 e. The third-order valence-electron chi connectivity index (χ3n) is 3.92. The van der Waals surface area contributed by atoms with E-state index < -0.39 is 17.9 Å². The third kappa shape index (κ3) is 6.53. The summed E-state index contributed by atoms with van der Waals surface area (Å²) >= 11 is 7.22. The number of amides is 2. The van der Waals surface area contributed by atoms with Gasteiger partial charge in [0, 0.05) is 18.0 Å². The van der Waals surface area contributed by atoms with Crippen LogP contribution in [0, 0.1) is 0 Å². The Hall–Kier alpha value is -1.95. The molecule has 1 aromatic heterocycles. The molecule has 2 amide bonds. The number of unbranched alkanes of at least 4 members (excludes halogenated alkanes) is 3. The van der Waals surface area contributed by atoms with Gasteiger partial charge in [0.25, 0.3) is 5.91 Å². The van der Waals surface area contributed by atoms with E-state index in [1.165, 1.54) is 11.3 Å². The number of nitrogens with one attached hydrogen (secondary N) is 2. The minimum Gasteiger partial charge on any atom is -0.351 e. The molecule has 12 heteroatoms. The van der Waals surface area contributed by atoms with Crippen molar-refractivity contribution < 1.29 is 33.0 Å². The second-order valence-corrected chi connectivity index (χ2v) is 7.74. The Morgan fingerprint density at radius 1 is 1.14 bits per heavy atom. The molecule has 0 aliphatic rings. The number of nitrogens with zero attached hydrogens (tertiary/aromatic N) is 1. The van der Waals surface area contributed by atoms with E-state index in [-0.39, 0.29) is 18.9 Å². The number of benzene rings is 1. The topological polar surface area (TPSA) is 112 Å². The number of rotatable bonds is 9. The van der Waals surface area contributed by atoms with Crippen LogP contribution in [0.1, 0.15) is 32.1 Å². The van der Waals surface area contributed by atoms with Crippen LogP contribution in [0.25, 0.3) is 10.2 Å². The highest BCUT2D eigenvalue weighted by atomic mass is 35.5. The lowest BCUT2D eigenvalue weighted by molar-refractivity contribution is -0.328. The Balaban J connectivity index is 1.61. The van der Waals surface area contributed by atoms with Crippen molar-refractivity contribution in [2.24, 2.45) is 0 Å². The molecule has 0 spiro atoms. The molecule has 0 radical (unpaired) electrons.